The highest BCUT2D eigenvalue weighted by Gasteiger charge is 2.20. The van der Waals surface area contributed by atoms with Crippen molar-refractivity contribution in [2.45, 2.75) is 46.6 Å². The van der Waals surface area contributed by atoms with Crippen LogP contribution in [-0.2, 0) is 17.6 Å². The summed E-state index contributed by atoms with van der Waals surface area (Å²) in [4.78, 5) is 36.6. The number of benzene rings is 1. The van der Waals surface area contributed by atoms with E-state index in [1.165, 1.54) is 5.56 Å². The molecule has 6 nitrogen and oxygen atoms in total. The number of nitrogens with zero attached hydrogens (tertiary/aromatic N) is 2. The van der Waals surface area contributed by atoms with Crippen molar-refractivity contribution in [2.75, 3.05) is 0 Å². The molecule has 0 bridgehead atoms. The molecule has 3 rings (SSSR count). The second-order valence-electron chi connectivity index (χ2n) is 7.24. The van der Waals surface area contributed by atoms with Gasteiger partial charge in [-0.05, 0) is 49.1 Å². The number of aryl methyl sites for hydroxylation is 4. The van der Waals surface area contributed by atoms with E-state index in [-0.39, 0.29) is 23.9 Å². The molecule has 2 aromatic heterocycles. The van der Waals surface area contributed by atoms with Gasteiger partial charge in [-0.1, -0.05) is 31.2 Å². The standard InChI is InChI=1S/C23H26N4O2/c1-5-20-25-16(4)19(23(29)26-20)12-21(28)27-22(18-7-6-10-24-13-18)17-9-8-14(2)15(3)11-17/h6-11,13,22H,5,12H2,1-4H3,(H,27,28)(H,25,26,29). The molecule has 0 aliphatic rings. The molecule has 0 aliphatic heterocycles. The van der Waals surface area contributed by atoms with Gasteiger partial charge in [-0.15, -0.1) is 0 Å². The first kappa shape index (κ1) is 20.5. The molecule has 0 radical (unpaired) electrons. The van der Waals surface area contributed by atoms with Gasteiger partial charge >= 0.3 is 0 Å². The summed E-state index contributed by atoms with van der Waals surface area (Å²) in [6.07, 6.45) is 4.06. The molecule has 6 heteroatoms. The quantitative estimate of drug-likeness (QED) is 0.677. The molecule has 29 heavy (non-hydrogen) atoms. The maximum atomic E-state index is 12.9. The first-order chi connectivity index (χ1) is 13.9. The number of hydrogen-bond acceptors (Lipinski definition) is 4. The number of nitrogens with one attached hydrogen (secondary N) is 2. The summed E-state index contributed by atoms with van der Waals surface area (Å²) >= 11 is 0. The average molecular weight is 390 g/mol. The minimum absolute atomic E-state index is 0.0280. The number of pyridine rings is 1. The Morgan fingerprint density at radius 1 is 1.14 bits per heavy atom. The van der Waals surface area contributed by atoms with Gasteiger partial charge in [0, 0.05) is 30.1 Å². The van der Waals surface area contributed by atoms with Gasteiger partial charge in [0.25, 0.3) is 5.56 Å². The number of hydrogen-bond donors (Lipinski definition) is 2. The van der Waals surface area contributed by atoms with E-state index in [9.17, 15) is 9.59 Å². The predicted octanol–water partition coefficient (Wildman–Crippen LogP) is 3.10. The fourth-order valence-corrected chi connectivity index (χ4v) is 3.27. The van der Waals surface area contributed by atoms with E-state index >= 15 is 0 Å². The van der Waals surface area contributed by atoms with Crippen molar-refractivity contribution < 1.29 is 4.79 Å². The van der Waals surface area contributed by atoms with Crippen LogP contribution >= 0.6 is 0 Å². The highest BCUT2D eigenvalue weighted by molar-refractivity contribution is 5.79. The van der Waals surface area contributed by atoms with Gasteiger partial charge in [-0.25, -0.2) is 4.98 Å². The normalized spacial score (nSPS) is 11.9. The lowest BCUT2D eigenvalue weighted by Crippen LogP contribution is -2.33. The van der Waals surface area contributed by atoms with Gasteiger partial charge in [0.15, 0.2) is 0 Å². The Morgan fingerprint density at radius 2 is 1.93 bits per heavy atom. The van der Waals surface area contributed by atoms with Gasteiger partial charge in [0.05, 0.1) is 12.5 Å². The van der Waals surface area contributed by atoms with Gasteiger partial charge in [-0.3, -0.25) is 14.6 Å². The van der Waals surface area contributed by atoms with Crippen molar-refractivity contribution in [3.8, 4) is 0 Å². The van der Waals surface area contributed by atoms with Crippen LogP contribution in [0.4, 0.5) is 0 Å². The summed E-state index contributed by atoms with van der Waals surface area (Å²) in [6, 6.07) is 9.56. The molecule has 0 saturated carbocycles. The van der Waals surface area contributed by atoms with Gasteiger partial charge in [-0.2, -0.15) is 0 Å². The summed E-state index contributed by atoms with van der Waals surface area (Å²) < 4.78 is 0. The number of aromatic nitrogens is 3. The van der Waals surface area contributed by atoms with E-state index in [1.807, 2.05) is 38.1 Å². The Labute approximate surface area is 170 Å². The molecule has 1 aromatic carbocycles. The number of carbonyl (C=O) groups excluding carboxylic acids is 1. The van der Waals surface area contributed by atoms with E-state index in [1.54, 1.807) is 19.3 Å². The van der Waals surface area contributed by atoms with Crippen molar-refractivity contribution in [3.63, 3.8) is 0 Å². The third kappa shape index (κ3) is 4.77. The predicted molar refractivity (Wildman–Crippen MR) is 113 cm³/mol. The molecule has 150 valence electrons. The van der Waals surface area contributed by atoms with Crippen molar-refractivity contribution in [2.24, 2.45) is 0 Å². The molecule has 3 aromatic rings. The molecule has 1 atom stereocenters. The fourth-order valence-electron chi connectivity index (χ4n) is 3.27. The zero-order valence-corrected chi connectivity index (χ0v) is 17.2. The Balaban J connectivity index is 1.89. The molecule has 1 unspecified atom stereocenters. The zero-order chi connectivity index (χ0) is 21.0. The Kier molecular flexibility index (Phi) is 6.22. The fraction of sp³-hybridized carbons (Fsp3) is 0.304. The van der Waals surface area contributed by atoms with E-state index < -0.39 is 0 Å². The van der Waals surface area contributed by atoms with Crippen LogP contribution in [-0.4, -0.2) is 20.9 Å². The van der Waals surface area contributed by atoms with E-state index in [0.717, 1.165) is 16.7 Å². The van der Waals surface area contributed by atoms with Gasteiger partial charge in [0.2, 0.25) is 5.91 Å². The summed E-state index contributed by atoms with van der Waals surface area (Å²) in [6.45, 7) is 7.79. The van der Waals surface area contributed by atoms with Crippen molar-refractivity contribution in [3.05, 3.63) is 92.4 Å². The van der Waals surface area contributed by atoms with Crippen LogP contribution < -0.4 is 10.9 Å². The summed E-state index contributed by atoms with van der Waals surface area (Å²) in [7, 11) is 0. The second-order valence-corrected chi connectivity index (χ2v) is 7.24. The van der Waals surface area contributed by atoms with Crippen LogP contribution in [0, 0.1) is 20.8 Å². The monoisotopic (exact) mass is 390 g/mol. The molecular weight excluding hydrogens is 364 g/mol. The summed E-state index contributed by atoms with van der Waals surface area (Å²) in [5, 5.41) is 3.07. The Hall–Kier alpha value is -3.28. The second kappa shape index (κ2) is 8.82. The average Bonchev–Trinajstić information content (AvgIpc) is 2.71. The summed E-state index contributed by atoms with van der Waals surface area (Å²) in [5.41, 5.74) is 4.92. The van der Waals surface area contributed by atoms with Crippen molar-refractivity contribution >= 4 is 5.91 Å². The number of amides is 1. The summed E-state index contributed by atoms with van der Waals surface area (Å²) in [5.74, 6) is 0.386. The lowest BCUT2D eigenvalue weighted by Gasteiger charge is -2.20. The molecule has 2 N–H and O–H groups in total. The van der Waals surface area contributed by atoms with E-state index in [0.29, 0.717) is 23.5 Å². The zero-order valence-electron chi connectivity index (χ0n) is 17.2. The Morgan fingerprint density at radius 3 is 2.55 bits per heavy atom. The minimum atomic E-state index is -0.349. The van der Waals surface area contributed by atoms with Crippen LogP contribution in [0.1, 0.15) is 52.3 Å². The molecule has 0 saturated heterocycles. The number of rotatable bonds is 6. The molecule has 0 fully saturated rings. The third-order valence-corrected chi connectivity index (χ3v) is 5.13. The lowest BCUT2D eigenvalue weighted by atomic mass is 9.96. The molecule has 1 amide bonds. The first-order valence-electron chi connectivity index (χ1n) is 9.74. The van der Waals surface area contributed by atoms with Crippen molar-refractivity contribution in [1.29, 1.82) is 0 Å². The topological polar surface area (TPSA) is 87.7 Å². The van der Waals surface area contributed by atoms with E-state index in [2.05, 4.69) is 33.3 Å². The minimum Gasteiger partial charge on any atom is -0.345 e. The molecule has 0 aliphatic carbocycles. The van der Waals surface area contributed by atoms with Crippen LogP contribution in [0.5, 0.6) is 0 Å². The van der Waals surface area contributed by atoms with Gasteiger partial charge < -0.3 is 10.3 Å². The highest BCUT2D eigenvalue weighted by atomic mass is 16.2. The molecular formula is C23H26N4O2. The largest absolute Gasteiger partial charge is 0.345 e. The smallest absolute Gasteiger partial charge is 0.254 e. The SMILES string of the molecule is CCc1nc(C)c(CC(=O)NC(c2cccnc2)c2ccc(C)c(C)c2)c(=O)[nH]1. The number of aromatic amines is 1. The third-order valence-electron chi connectivity index (χ3n) is 5.13. The van der Waals surface area contributed by atoms with Crippen LogP contribution in [0.15, 0.2) is 47.5 Å². The maximum absolute atomic E-state index is 12.9. The van der Waals surface area contributed by atoms with E-state index in [4.69, 9.17) is 0 Å². The number of carbonyl (C=O) groups is 1. The molecule has 2 heterocycles. The van der Waals surface area contributed by atoms with Crippen LogP contribution in [0.3, 0.4) is 0 Å². The maximum Gasteiger partial charge on any atom is 0.254 e. The van der Waals surface area contributed by atoms with Gasteiger partial charge in [0.1, 0.15) is 5.82 Å². The molecule has 0 spiro atoms. The lowest BCUT2D eigenvalue weighted by molar-refractivity contribution is -0.121. The van der Waals surface area contributed by atoms with Crippen LogP contribution in [0.25, 0.3) is 0 Å². The Bertz CT molecular complexity index is 1070. The van der Waals surface area contributed by atoms with Crippen molar-refractivity contribution in [1.82, 2.24) is 20.3 Å². The number of H-pyrrole nitrogens is 1. The highest BCUT2D eigenvalue weighted by Crippen LogP contribution is 2.23. The first-order valence-corrected chi connectivity index (χ1v) is 9.74. The van der Waals surface area contributed by atoms with Crippen LogP contribution in [0.2, 0.25) is 0 Å².